The highest BCUT2D eigenvalue weighted by molar-refractivity contribution is 8.00. The molecule has 1 heterocycles. The smallest absolute Gasteiger partial charge is 0.233 e. The molecule has 0 saturated carbocycles. The predicted octanol–water partition coefficient (Wildman–Crippen LogP) is 1.15. The van der Waals surface area contributed by atoms with Crippen molar-refractivity contribution in [1.29, 1.82) is 0 Å². The number of aliphatic hydroxyl groups is 1. The van der Waals surface area contributed by atoms with Crippen molar-refractivity contribution in [2.45, 2.75) is 18.7 Å². The van der Waals surface area contributed by atoms with E-state index in [1.807, 2.05) is 25.1 Å². The zero-order chi connectivity index (χ0) is 13.7. The van der Waals surface area contributed by atoms with Gasteiger partial charge in [-0.15, -0.1) is 11.8 Å². The molecule has 5 nitrogen and oxygen atoms in total. The summed E-state index contributed by atoms with van der Waals surface area (Å²) in [7, 11) is 0. The van der Waals surface area contributed by atoms with Gasteiger partial charge in [0, 0.05) is 12.3 Å². The van der Waals surface area contributed by atoms with Crippen LogP contribution in [0.15, 0.2) is 18.2 Å². The Labute approximate surface area is 116 Å². The van der Waals surface area contributed by atoms with Crippen molar-refractivity contribution in [1.82, 2.24) is 5.32 Å². The number of carbonyl (C=O) groups excluding carboxylic acids is 1. The van der Waals surface area contributed by atoms with E-state index in [-0.39, 0.29) is 24.6 Å². The van der Waals surface area contributed by atoms with Crippen LogP contribution in [-0.2, 0) is 11.3 Å². The van der Waals surface area contributed by atoms with E-state index in [1.54, 1.807) is 0 Å². The Bertz CT molecular complexity index is 452. The van der Waals surface area contributed by atoms with Crippen LogP contribution in [0.3, 0.4) is 0 Å². The molecule has 0 aliphatic carbocycles. The van der Waals surface area contributed by atoms with Gasteiger partial charge in [0.15, 0.2) is 11.5 Å². The number of fused-ring (bicyclic) bond motifs is 1. The third kappa shape index (κ3) is 3.78. The summed E-state index contributed by atoms with van der Waals surface area (Å²) in [6, 6.07) is 5.61. The molecule has 6 heteroatoms. The minimum absolute atomic E-state index is 0.0314. The average molecular weight is 283 g/mol. The van der Waals surface area contributed by atoms with Crippen LogP contribution in [0.5, 0.6) is 11.5 Å². The van der Waals surface area contributed by atoms with Gasteiger partial charge in [-0.1, -0.05) is 6.07 Å². The van der Waals surface area contributed by atoms with Gasteiger partial charge in [0.25, 0.3) is 0 Å². The third-order valence-corrected chi connectivity index (χ3v) is 3.86. The summed E-state index contributed by atoms with van der Waals surface area (Å²) >= 11 is 1.43. The van der Waals surface area contributed by atoms with Gasteiger partial charge in [-0.3, -0.25) is 4.79 Å². The summed E-state index contributed by atoms with van der Waals surface area (Å²) in [4.78, 5) is 11.8. The molecule has 0 spiro atoms. The standard InChI is InChI=1S/C13H17NO4S/c1-9(19-5-4-15)13(16)14-7-10-2-3-11-12(6-10)18-8-17-11/h2-3,6,9,15H,4-5,7-8H2,1H3,(H,14,16)/t9-/m0/s1. The number of hydrogen-bond acceptors (Lipinski definition) is 5. The Morgan fingerprint density at radius 2 is 2.26 bits per heavy atom. The van der Waals surface area contributed by atoms with E-state index in [2.05, 4.69) is 5.32 Å². The lowest BCUT2D eigenvalue weighted by Crippen LogP contribution is -2.30. The number of amides is 1. The summed E-state index contributed by atoms with van der Waals surface area (Å²) in [6.07, 6.45) is 0. The maximum Gasteiger partial charge on any atom is 0.233 e. The zero-order valence-electron chi connectivity index (χ0n) is 10.7. The predicted molar refractivity (Wildman–Crippen MR) is 73.4 cm³/mol. The van der Waals surface area contributed by atoms with Crippen LogP contribution in [0.2, 0.25) is 0 Å². The number of ether oxygens (including phenoxy) is 2. The maximum atomic E-state index is 11.8. The zero-order valence-corrected chi connectivity index (χ0v) is 11.5. The maximum absolute atomic E-state index is 11.8. The highest BCUT2D eigenvalue weighted by Crippen LogP contribution is 2.32. The topological polar surface area (TPSA) is 67.8 Å². The fourth-order valence-corrected chi connectivity index (χ4v) is 2.38. The minimum Gasteiger partial charge on any atom is -0.454 e. The van der Waals surface area contributed by atoms with Crippen LogP contribution in [0, 0.1) is 0 Å². The molecule has 104 valence electrons. The SMILES string of the molecule is C[C@H](SCCO)C(=O)NCc1ccc2c(c1)OCO2. The molecule has 2 N–H and O–H groups in total. The molecule has 1 aromatic rings. The molecule has 0 unspecified atom stereocenters. The van der Waals surface area contributed by atoms with Gasteiger partial charge >= 0.3 is 0 Å². The normalized spacial score (nSPS) is 14.2. The molecular formula is C13H17NO4S. The third-order valence-electron chi connectivity index (χ3n) is 2.73. The number of aliphatic hydroxyl groups excluding tert-OH is 1. The molecular weight excluding hydrogens is 266 g/mol. The van der Waals surface area contributed by atoms with Crippen LogP contribution >= 0.6 is 11.8 Å². The Hall–Kier alpha value is -1.40. The van der Waals surface area contributed by atoms with Gasteiger partial charge in [0.2, 0.25) is 12.7 Å². The van der Waals surface area contributed by atoms with E-state index >= 15 is 0 Å². The first-order valence-electron chi connectivity index (χ1n) is 6.09. The average Bonchev–Trinajstić information content (AvgIpc) is 2.89. The molecule has 0 fully saturated rings. The van der Waals surface area contributed by atoms with Crippen LogP contribution in [0.4, 0.5) is 0 Å². The highest BCUT2D eigenvalue weighted by Gasteiger charge is 2.15. The highest BCUT2D eigenvalue weighted by atomic mass is 32.2. The number of carbonyl (C=O) groups is 1. The summed E-state index contributed by atoms with van der Waals surface area (Å²) in [5, 5.41) is 11.4. The first kappa shape index (κ1) is 14.0. The van der Waals surface area contributed by atoms with E-state index < -0.39 is 0 Å². The molecule has 0 aromatic heterocycles. The largest absolute Gasteiger partial charge is 0.454 e. The number of hydrogen-bond donors (Lipinski definition) is 2. The summed E-state index contributed by atoms with van der Waals surface area (Å²) in [5.74, 6) is 1.99. The van der Waals surface area contributed by atoms with Crippen molar-refractivity contribution >= 4 is 17.7 Å². The van der Waals surface area contributed by atoms with Crippen molar-refractivity contribution in [2.75, 3.05) is 19.2 Å². The lowest BCUT2D eigenvalue weighted by Gasteiger charge is -2.11. The first-order valence-corrected chi connectivity index (χ1v) is 7.14. The molecule has 19 heavy (non-hydrogen) atoms. The number of nitrogens with one attached hydrogen (secondary N) is 1. The summed E-state index contributed by atoms with van der Waals surface area (Å²) in [5.41, 5.74) is 0.969. The molecule has 0 saturated heterocycles. The number of rotatable bonds is 6. The van der Waals surface area contributed by atoms with Gasteiger partial charge in [0.1, 0.15) is 0 Å². The van der Waals surface area contributed by atoms with E-state index in [1.165, 1.54) is 11.8 Å². The second kappa shape index (κ2) is 6.68. The van der Waals surface area contributed by atoms with E-state index in [0.29, 0.717) is 12.3 Å². The monoisotopic (exact) mass is 283 g/mol. The molecule has 1 aliphatic heterocycles. The quantitative estimate of drug-likeness (QED) is 0.819. The van der Waals surface area contributed by atoms with Crippen LogP contribution in [-0.4, -0.2) is 35.4 Å². The van der Waals surface area contributed by atoms with Crippen molar-refractivity contribution in [3.05, 3.63) is 23.8 Å². The Kier molecular flexibility index (Phi) is 4.93. The lowest BCUT2D eigenvalue weighted by molar-refractivity contribution is -0.120. The van der Waals surface area contributed by atoms with Crippen molar-refractivity contribution in [2.24, 2.45) is 0 Å². The molecule has 2 rings (SSSR count). The second-order valence-corrected chi connectivity index (χ2v) is 5.59. The van der Waals surface area contributed by atoms with Crippen molar-refractivity contribution < 1.29 is 19.4 Å². The van der Waals surface area contributed by atoms with Crippen LogP contribution in [0.25, 0.3) is 0 Å². The van der Waals surface area contributed by atoms with Gasteiger partial charge in [-0.25, -0.2) is 0 Å². The van der Waals surface area contributed by atoms with Crippen LogP contribution in [0.1, 0.15) is 12.5 Å². The van der Waals surface area contributed by atoms with Gasteiger partial charge in [-0.2, -0.15) is 0 Å². The Balaban J connectivity index is 1.83. The van der Waals surface area contributed by atoms with Gasteiger partial charge in [0.05, 0.1) is 11.9 Å². The fraction of sp³-hybridized carbons (Fsp3) is 0.462. The second-order valence-electron chi connectivity index (χ2n) is 4.14. The molecule has 0 radical (unpaired) electrons. The summed E-state index contributed by atoms with van der Waals surface area (Å²) in [6.45, 7) is 2.62. The molecule has 1 aromatic carbocycles. The van der Waals surface area contributed by atoms with E-state index in [9.17, 15) is 4.79 Å². The Morgan fingerprint density at radius 3 is 3.05 bits per heavy atom. The Morgan fingerprint density at radius 1 is 1.47 bits per heavy atom. The van der Waals surface area contributed by atoms with Crippen LogP contribution < -0.4 is 14.8 Å². The van der Waals surface area contributed by atoms with E-state index in [4.69, 9.17) is 14.6 Å². The van der Waals surface area contributed by atoms with E-state index in [0.717, 1.165) is 17.1 Å². The number of thioether (sulfide) groups is 1. The minimum atomic E-state index is -0.166. The summed E-state index contributed by atoms with van der Waals surface area (Å²) < 4.78 is 10.5. The number of benzene rings is 1. The molecule has 1 amide bonds. The van der Waals surface area contributed by atoms with Crippen molar-refractivity contribution in [3.63, 3.8) is 0 Å². The van der Waals surface area contributed by atoms with Gasteiger partial charge < -0.3 is 19.9 Å². The first-order chi connectivity index (χ1) is 9.20. The lowest BCUT2D eigenvalue weighted by atomic mass is 10.2. The van der Waals surface area contributed by atoms with Crippen molar-refractivity contribution in [3.8, 4) is 11.5 Å². The fourth-order valence-electron chi connectivity index (χ4n) is 1.69. The molecule has 1 atom stereocenters. The van der Waals surface area contributed by atoms with Gasteiger partial charge in [-0.05, 0) is 24.6 Å². The molecule has 0 bridgehead atoms. The molecule has 1 aliphatic rings.